The average molecular weight is 513 g/mol. The van der Waals surface area contributed by atoms with Gasteiger partial charge < -0.3 is 30.1 Å². The minimum absolute atomic E-state index is 0.0977. The zero-order chi connectivity index (χ0) is 23.3. The van der Waals surface area contributed by atoms with E-state index in [9.17, 15) is 23.2 Å². The molecule has 1 aliphatic carbocycles. The molecule has 1 saturated heterocycles. The van der Waals surface area contributed by atoms with Gasteiger partial charge in [-0.15, -0.1) is 5.10 Å². The van der Waals surface area contributed by atoms with Crippen LogP contribution in [0.25, 0.3) is 11.2 Å². The predicted octanol–water partition coefficient (Wildman–Crippen LogP) is -0.602. The Morgan fingerprint density at radius 2 is 1.88 bits per heavy atom. The number of hydrogen-bond donors (Lipinski definition) is 5. The van der Waals surface area contributed by atoms with Crippen LogP contribution in [0.15, 0.2) is 0 Å². The van der Waals surface area contributed by atoms with Crippen LogP contribution >= 0.6 is 19.2 Å². The predicted molar refractivity (Wildman–Crippen MR) is 111 cm³/mol. The van der Waals surface area contributed by atoms with Crippen molar-refractivity contribution in [2.75, 3.05) is 16.6 Å². The molecule has 3 heterocycles. The summed E-state index contributed by atoms with van der Waals surface area (Å²) in [5.41, 5.74) is -1.05. The summed E-state index contributed by atoms with van der Waals surface area (Å²) in [4.78, 5) is 26.1. The summed E-state index contributed by atoms with van der Waals surface area (Å²) >= 11 is 6.05. The minimum atomic E-state index is -4.85. The number of fused-ring (bicyclic) bond motifs is 1. The van der Waals surface area contributed by atoms with E-state index in [1.165, 1.54) is 0 Å². The molecule has 17 heteroatoms. The van der Waals surface area contributed by atoms with Gasteiger partial charge >= 0.3 is 7.60 Å². The highest BCUT2D eigenvalue weighted by atomic mass is 35.5. The lowest BCUT2D eigenvalue weighted by Gasteiger charge is -2.16. The first-order valence-electron chi connectivity index (χ1n) is 9.75. The maximum absolute atomic E-state index is 12.1. The molecular weight excluding hydrogens is 491 g/mol. The molecule has 0 amide bonds. The van der Waals surface area contributed by atoms with Crippen molar-refractivity contribution in [3.63, 3.8) is 0 Å². The molecule has 2 aliphatic rings. The Kier molecular flexibility index (Phi) is 6.46. The van der Waals surface area contributed by atoms with Gasteiger partial charge in [0.05, 0.1) is 5.75 Å². The quantitative estimate of drug-likeness (QED) is 0.232. The van der Waals surface area contributed by atoms with Crippen LogP contribution in [-0.2, 0) is 19.1 Å². The molecule has 2 aromatic rings. The van der Waals surface area contributed by atoms with Crippen molar-refractivity contribution in [1.29, 1.82) is 0 Å². The van der Waals surface area contributed by atoms with Gasteiger partial charge in [0.15, 0.2) is 38.5 Å². The van der Waals surface area contributed by atoms with Crippen molar-refractivity contribution >= 4 is 46.0 Å². The van der Waals surface area contributed by atoms with E-state index >= 15 is 0 Å². The van der Waals surface area contributed by atoms with Gasteiger partial charge in [-0.05, 0) is 24.4 Å². The third-order valence-electron chi connectivity index (χ3n) is 5.35. The first-order valence-corrected chi connectivity index (χ1v) is 13.7. The Bertz CT molecular complexity index is 1150. The number of aliphatic hydroxyl groups excluding tert-OH is 2. The zero-order valence-electron chi connectivity index (χ0n) is 16.5. The van der Waals surface area contributed by atoms with Crippen molar-refractivity contribution in [2.24, 2.45) is 0 Å². The number of nitrogens with one attached hydrogen (secondary N) is 1. The smallest absolute Gasteiger partial charge is 0.340 e. The van der Waals surface area contributed by atoms with Gasteiger partial charge in [-0.1, -0.05) is 18.1 Å². The van der Waals surface area contributed by atoms with E-state index in [1.54, 1.807) is 0 Å². The minimum Gasteiger partial charge on any atom is -0.387 e. The summed E-state index contributed by atoms with van der Waals surface area (Å²) in [5.74, 6) is -0.559. The largest absolute Gasteiger partial charge is 0.387 e. The van der Waals surface area contributed by atoms with Crippen LogP contribution in [0.2, 0.25) is 5.28 Å². The van der Waals surface area contributed by atoms with E-state index < -0.39 is 53.2 Å². The first-order chi connectivity index (χ1) is 14.9. The molecule has 4 rings (SSSR count). The lowest BCUT2D eigenvalue weighted by atomic mass is 10.1. The summed E-state index contributed by atoms with van der Waals surface area (Å²) in [6.07, 6.45) is -2.03. The van der Waals surface area contributed by atoms with Crippen LogP contribution < -0.4 is 5.32 Å². The Morgan fingerprint density at radius 1 is 1.19 bits per heavy atom. The van der Waals surface area contributed by atoms with Gasteiger partial charge in [-0.25, -0.2) is 8.42 Å². The van der Waals surface area contributed by atoms with Crippen LogP contribution in [-0.4, -0.2) is 89.0 Å². The fourth-order valence-electron chi connectivity index (χ4n) is 3.97. The number of rotatable bonds is 7. The third-order valence-corrected chi connectivity index (χ3v) is 9.28. The van der Waals surface area contributed by atoms with Gasteiger partial charge in [-0.2, -0.15) is 14.6 Å². The molecule has 1 saturated carbocycles. The van der Waals surface area contributed by atoms with Crippen molar-refractivity contribution < 1.29 is 37.7 Å². The molecule has 0 radical (unpaired) electrons. The van der Waals surface area contributed by atoms with E-state index in [4.69, 9.17) is 26.1 Å². The summed E-state index contributed by atoms with van der Waals surface area (Å²) < 4.78 is 41.8. The van der Waals surface area contributed by atoms with Gasteiger partial charge in [0, 0.05) is 6.04 Å². The number of anilines is 1. The van der Waals surface area contributed by atoms with Crippen molar-refractivity contribution in [3.8, 4) is 0 Å². The second-order valence-electron chi connectivity index (χ2n) is 7.92. The molecule has 0 spiro atoms. The maximum Gasteiger partial charge on any atom is 0.340 e. The van der Waals surface area contributed by atoms with Crippen LogP contribution in [0.3, 0.4) is 0 Å². The monoisotopic (exact) mass is 512 g/mol. The number of aromatic nitrogens is 5. The van der Waals surface area contributed by atoms with Gasteiger partial charge in [-0.3, -0.25) is 4.57 Å². The van der Waals surface area contributed by atoms with Gasteiger partial charge in [0.25, 0.3) is 0 Å². The Labute approximate surface area is 187 Å². The van der Waals surface area contributed by atoms with E-state index in [-0.39, 0.29) is 22.5 Å². The van der Waals surface area contributed by atoms with Crippen molar-refractivity contribution in [3.05, 3.63) is 5.28 Å². The number of halogens is 1. The third kappa shape index (κ3) is 5.04. The van der Waals surface area contributed by atoms with E-state index in [0.29, 0.717) is 5.82 Å². The molecular formula is C15H22ClN6O8PS. The van der Waals surface area contributed by atoms with E-state index in [0.717, 1.165) is 30.4 Å². The fraction of sp³-hybridized carbons (Fsp3) is 0.733. The summed E-state index contributed by atoms with van der Waals surface area (Å²) in [5, 5.41) is 31.8. The van der Waals surface area contributed by atoms with Crippen LogP contribution in [0, 0.1) is 0 Å². The highest BCUT2D eigenvalue weighted by Gasteiger charge is 2.47. The highest BCUT2D eigenvalue weighted by molar-refractivity contribution is 7.97. The first kappa shape index (κ1) is 23.7. The number of ether oxygens (including phenoxy) is 1. The molecule has 1 aliphatic heterocycles. The van der Waals surface area contributed by atoms with Gasteiger partial charge in [0.2, 0.25) is 5.28 Å². The number of aliphatic hydroxyl groups is 2. The lowest BCUT2D eigenvalue weighted by Crippen LogP contribution is -2.36. The molecule has 2 fully saturated rings. The van der Waals surface area contributed by atoms with Crippen LogP contribution in [0.1, 0.15) is 31.9 Å². The topological polar surface area (TPSA) is 210 Å². The van der Waals surface area contributed by atoms with Crippen molar-refractivity contribution in [2.45, 2.75) is 56.3 Å². The Morgan fingerprint density at radius 3 is 2.53 bits per heavy atom. The summed E-state index contributed by atoms with van der Waals surface area (Å²) in [6, 6.07) is 0.188. The molecule has 5 N–H and O–H groups in total. The normalized spacial score (nSPS) is 27.4. The molecule has 14 nitrogen and oxygen atoms in total. The molecule has 2 aromatic heterocycles. The molecule has 4 atom stereocenters. The van der Waals surface area contributed by atoms with Crippen LogP contribution in [0.5, 0.6) is 0 Å². The summed E-state index contributed by atoms with van der Waals surface area (Å²) in [6.45, 7) is 0. The molecule has 0 bridgehead atoms. The molecule has 178 valence electrons. The van der Waals surface area contributed by atoms with Crippen LogP contribution in [0.4, 0.5) is 5.82 Å². The maximum atomic E-state index is 12.1. The van der Waals surface area contributed by atoms with E-state index in [2.05, 4.69) is 25.6 Å². The number of nitrogens with zero attached hydrogens (tertiary/aromatic N) is 5. The molecule has 32 heavy (non-hydrogen) atoms. The Balaban J connectivity index is 1.60. The zero-order valence-corrected chi connectivity index (χ0v) is 19.0. The number of hydrogen-bond acceptors (Lipinski definition) is 11. The van der Waals surface area contributed by atoms with Crippen molar-refractivity contribution in [1.82, 2.24) is 25.0 Å². The number of sulfone groups is 1. The highest BCUT2D eigenvalue weighted by Crippen LogP contribution is 2.38. The lowest BCUT2D eigenvalue weighted by molar-refractivity contribution is -0.0375. The van der Waals surface area contributed by atoms with Gasteiger partial charge in [0.1, 0.15) is 18.3 Å². The Hall–Kier alpha value is -1.45. The fourth-order valence-corrected chi connectivity index (χ4v) is 7.38. The average Bonchev–Trinajstić information content (AvgIpc) is 3.36. The molecule has 0 aromatic carbocycles. The second kappa shape index (κ2) is 8.72. The SMILES string of the molecule is O=P(O)(O)CS(=O)(=O)C[C@H]1O[C@@H](n2nnc3c(NC4CCCC4)nc(Cl)nc32)[C@H](O)[C@@H]1O. The summed E-state index contributed by atoms with van der Waals surface area (Å²) in [7, 11) is -9.15. The van der Waals surface area contributed by atoms with E-state index in [1.807, 2.05) is 0 Å². The molecule has 0 unspecified atom stereocenters. The second-order valence-corrected chi connectivity index (χ2v) is 12.4. The standard InChI is InChI=1S/C15H22ClN6O8PS/c16-15-18-12(17-7-3-1-2-4-7)9-13(19-15)22(21-20-9)14-11(24)10(23)8(30-14)5-32(28,29)6-31(25,26)27/h7-8,10-11,14,23-24H,1-6H2,(H,17,18,19)(H2,25,26,27)/t8-,10-,11-,14-/m1/s1.